The number of rotatable bonds is 6. The van der Waals surface area contributed by atoms with E-state index in [2.05, 4.69) is 20.9 Å². The van der Waals surface area contributed by atoms with E-state index in [0.29, 0.717) is 16.6 Å². The molecule has 1 atom stereocenters. The van der Waals surface area contributed by atoms with Crippen LogP contribution in [0.4, 0.5) is 0 Å². The van der Waals surface area contributed by atoms with Crippen LogP contribution in [0.3, 0.4) is 0 Å². The van der Waals surface area contributed by atoms with E-state index in [1.807, 2.05) is 12.1 Å². The van der Waals surface area contributed by atoms with Crippen molar-refractivity contribution in [2.75, 3.05) is 13.7 Å². The fourth-order valence-electron chi connectivity index (χ4n) is 3.64. The van der Waals surface area contributed by atoms with Crippen LogP contribution in [0, 0.1) is 0 Å². The third-order valence-electron chi connectivity index (χ3n) is 4.98. The second-order valence-corrected chi connectivity index (χ2v) is 11.3. The zero-order valence-corrected chi connectivity index (χ0v) is 20.5. The average Bonchev–Trinajstić information content (AvgIpc) is 2.70. The summed E-state index contributed by atoms with van der Waals surface area (Å²) in [5, 5.41) is 0.00246. The van der Waals surface area contributed by atoms with Crippen molar-refractivity contribution < 1.29 is 22.7 Å². The first-order valence-corrected chi connectivity index (χ1v) is 12.3. The molecule has 0 saturated carbocycles. The second-order valence-electron chi connectivity index (χ2n) is 8.44. The van der Waals surface area contributed by atoms with Crippen molar-refractivity contribution in [3.63, 3.8) is 0 Å². The summed E-state index contributed by atoms with van der Waals surface area (Å²) in [5.41, 5.74) is 1.23. The number of fused-ring (bicyclic) bond motifs is 1. The Hall–Kier alpha value is -1.97. The summed E-state index contributed by atoms with van der Waals surface area (Å²) in [6.07, 6.45) is 3.71. The number of ether oxygens (including phenoxy) is 2. The highest BCUT2D eigenvalue weighted by atomic mass is 79.9. The summed E-state index contributed by atoms with van der Waals surface area (Å²) in [5.74, 6) is 0.138. The third-order valence-corrected chi connectivity index (χ3v) is 7.23. The molecule has 0 spiro atoms. The molecule has 0 amide bonds. The molecule has 0 bridgehead atoms. The topological polar surface area (TPSA) is 85.8 Å². The van der Waals surface area contributed by atoms with Crippen molar-refractivity contribution in [3.8, 4) is 5.75 Å². The number of nitrogens with zero attached hydrogens (tertiary/aromatic N) is 2. The van der Waals surface area contributed by atoms with Crippen molar-refractivity contribution >= 4 is 31.9 Å². The Morgan fingerprint density at radius 1 is 1.26 bits per heavy atom. The summed E-state index contributed by atoms with van der Waals surface area (Å²) in [6, 6.07) is 8.34. The van der Waals surface area contributed by atoms with Gasteiger partial charge < -0.3 is 9.47 Å². The molecule has 7 nitrogen and oxygen atoms in total. The van der Waals surface area contributed by atoms with Crippen LogP contribution in [-0.4, -0.2) is 42.9 Å². The van der Waals surface area contributed by atoms with Gasteiger partial charge in [0.05, 0.1) is 6.04 Å². The number of hydrogen-bond donors (Lipinski definition) is 0. The molecule has 0 saturated heterocycles. The molecule has 1 aliphatic carbocycles. The van der Waals surface area contributed by atoms with Gasteiger partial charge in [0.15, 0.2) is 11.6 Å². The molecule has 1 unspecified atom stereocenters. The number of halogens is 1. The smallest absolute Gasteiger partial charge is 0.344 e. The first-order chi connectivity index (χ1) is 14.5. The Kier molecular flexibility index (Phi) is 7.08. The minimum Gasteiger partial charge on any atom is -0.482 e. The second kappa shape index (κ2) is 9.26. The first-order valence-electron chi connectivity index (χ1n) is 10.0. The molecule has 31 heavy (non-hydrogen) atoms. The number of carbonyl (C=O) groups excluding carboxylic acids is 1. The van der Waals surface area contributed by atoms with Crippen LogP contribution in [-0.2, 0) is 26.0 Å². The highest BCUT2D eigenvalue weighted by Gasteiger charge is 2.34. The highest BCUT2D eigenvalue weighted by molar-refractivity contribution is 9.10. The maximum Gasteiger partial charge on any atom is 0.344 e. The van der Waals surface area contributed by atoms with Crippen LogP contribution in [0.2, 0.25) is 0 Å². The number of hydrogen-bond acceptors (Lipinski definition) is 6. The van der Waals surface area contributed by atoms with E-state index in [4.69, 9.17) is 9.47 Å². The largest absolute Gasteiger partial charge is 0.482 e. The van der Waals surface area contributed by atoms with Crippen LogP contribution >= 0.6 is 15.9 Å². The fraction of sp³-hybridized carbons (Fsp3) is 0.455. The van der Waals surface area contributed by atoms with Crippen molar-refractivity contribution in [1.29, 1.82) is 0 Å². The minimum atomic E-state index is -3.77. The van der Waals surface area contributed by atoms with Gasteiger partial charge in [-0.2, -0.15) is 4.31 Å². The zero-order valence-electron chi connectivity index (χ0n) is 18.1. The fourth-order valence-corrected chi connectivity index (χ4v) is 5.15. The first kappa shape index (κ1) is 23.7. The van der Waals surface area contributed by atoms with Crippen LogP contribution < -0.4 is 4.74 Å². The van der Waals surface area contributed by atoms with Crippen molar-refractivity contribution in [2.24, 2.45) is 0 Å². The van der Waals surface area contributed by atoms with Gasteiger partial charge in [0.1, 0.15) is 11.4 Å². The molecule has 9 heteroatoms. The maximum atomic E-state index is 13.1. The van der Waals surface area contributed by atoms with E-state index in [1.165, 1.54) is 16.6 Å². The molecule has 1 heterocycles. The van der Waals surface area contributed by atoms with E-state index in [1.54, 1.807) is 40.0 Å². The number of aromatic nitrogens is 1. The van der Waals surface area contributed by atoms with Gasteiger partial charge in [-0.3, -0.25) is 0 Å². The lowest BCUT2D eigenvalue weighted by Gasteiger charge is -2.33. The van der Waals surface area contributed by atoms with Gasteiger partial charge in [0.2, 0.25) is 0 Å². The summed E-state index contributed by atoms with van der Waals surface area (Å²) >= 11 is 3.28. The average molecular weight is 511 g/mol. The summed E-state index contributed by atoms with van der Waals surface area (Å²) in [7, 11) is -2.19. The minimum absolute atomic E-state index is 0.00246. The standard InChI is InChI=1S/C22H27BrN2O5S/c1-22(2,3)30-21(26)14-29-19-10-6-7-16-17(19)8-5-9-18(16)25(4)31(27,28)20-12-11-15(23)13-24-20/h6-7,10-13,18H,5,8-9,14H2,1-4H3. The number of sulfonamides is 1. The van der Waals surface area contributed by atoms with Gasteiger partial charge in [-0.1, -0.05) is 12.1 Å². The SMILES string of the molecule is CN(C1CCCc2c(OCC(=O)OC(C)(C)C)cccc21)S(=O)(=O)c1ccc(Br)cn1. The lowest BCUT2D eigenvalue weighted by atomic mass is 9.87. The Balaban J connectivity index is 1.83. The van der Waals surface area contributed by atoms with Crippen LogP contribution in [0.5, 0.6) is 5.75 Å². The number of carbonyl (C=O) groups is 1. The van der Waals surface area contributed by atoms with Crippen LogP contribution in [0.1, 0.15) is 50.8 Å². The van der Waals surface area contributed by atoms with Crippen molar-refractivity contribution in [2.45, 2.75) is 56.7 Å². The lowest BCUT2D eigenvalue weighted by molar-refractivity contribution is -0.157. The highest BCUT2D eigenvalue weighted by Crippen LogP contribution is 2.40. The summed E-state index contributed by atoms with van der Waals surface area (Å²) in [6.45, 7) is 5.21. The Morgan fingerprint density at radius 3 is 2.65 bits per heavy atom. The quantitative estimate of drug-likeness (QED) is 0.539. The van der Waals surface area contributed by atoms with Crippen LogP contribution in [0.15, 0.2) is 46.0 Å². The van der Waals surface area contributed by atoms with Gasteiger partial charge >= 0.3 is 5.97 Å². The van der Waals surface area contributed by atoms with Crippen molar-refractivity contribution in [1.82, 2.24) is 9.29 Å². The molecule has 1 aromatic carbocycles. The molecule has 1 aliphatic rings. The van der Waals surface area contributed by atoms with E-state index >= 15 is 0 Å². The molecule has 0 radical (unpaired) electrons. The maximum absolute atomic E-state index is 13.1. The molecular weight excluding hydrogens is 484 g/mol. The molecular formula is C22H27BrN2O5S. The van der Waals surface area contributed by atoms with Gasteiger partial charge in [-0.25, -0.2) is 18.2 Å². The molecule has 0 aliphatic heterocycles. The molecule has 0 N–H and O–H groups in total. The molecule has 168 valence electrons. The number of benzene rings is 1. The predicted molar refractivity (Wildman–Crippen MR) is 120 cm³/mol. The van der Waals surface area contributed by atoms with E-state index < -0.39 is 21.6 Å². The summed E-state index contributed by atoms with van der Waals surface area (Å²) in [4.78, 5) is 16.1. The van der Waals surface area contributed by atoms with E-state index in [9.17, 15) is 13.2 Å². The Morgan fingerprint density at radius 2 is 2.00 bits per heavy atom. The van der Waals surface area contributed by atoms with Gasteiger partial charge in [-0.05, 0) is 85.3 Å². The van der Waals surface area contributed by atoms with Gasteiger partial charge in [0, 0.05) is 17.7 Å². The van der Waals surface area contributed by atoms with Gasteiger partial charge in [-0.15, -0.1) is 0 Å². The predicted octanol–water partition coefficient (Wildman–Crippen LogP) is 4.26. The zero-order chi connectivity index (χ0) is 22.8. The molecule has 2 aromatic rings. The normalized spacial score (nSPS) is 16.6. The van der Waals surface area contributed by atoms with Gasteiger partial charge in [0.25, 0.3) is 10.0 Å². The molecule has 1 aromatic heterocycles. The molecule has 0 fully saturated rings. The van der Waals surface area contributed by atoms with Crippen LogP contribution in [0.25, 0.3) is 0 Å². The Labute approximate surface area is 191 Å². The van der Waals surface area contributed by atoms with E-state index in [-0.39, 0.29) is 17.7 Å². The number of esters is 1. The van der Waals surface area contributed by atoms with E-state index in [0.717, 1.165) is 24.0 Å². The van der Waals surface area contributed by atoms with Crippen molar-refractivity contribution in [3.05, 3.63) is 52.1 Å². The third kappa shape index (κ3) is 5.64. The monoisotopic (exact) mass is 510 g/mol. The lowest BCUT2D eigenvalue weighted by Crippen LogP contribution is -2.34. The summed E-state index contributed by atoms with van der Waals surface area (Å²) < 4.78 is 39.4. The molecule has 3 rings (SSSR count). The number of pyridine rings is 1. The Bertz CT molecular complexity index is 1050.